The fourth-order valence-electron chi connectivity index (χ4n) is 3.01. The van der Waals surface area contributed by atoms with Crippen molar-refractivity contribution in [3.63, 3.8) is 0 Å². The Balaban J connectivity index is 2.12. The van der Waals surface area contributed by atoms with Crippen molar-refractivity contribution in [2.45, 2.75) is 41.0 Å². The Labute approximate surface area is 162 Å². The SMILES string of the molecule is C=C(S/C=C(\C)Cc1cc(C)c(N)cc1C)/C(=C/C)c1ccccc1C. The standard InChI is InChI=1S/C24H29NS/c1-7-22(23-11-9-8-10-17(23)3)20(6)26-15-16(2)12-21-13-19(5)24(25)14-18(21)4/h7-11,13-15H,6,12,25H2,1-5H3/b16-15+,22-7-. The summed E-state index contributed by atoms with van der Waals surface area (Å²) in [5.41, 5.74) is 15.6. The van der Waals surface area contributed by atoms with Gasteiger partial charge in [0, 0.05) is 10.6 Å². The molecule has 2 aromatic carbocycles. The van der Waals surface area contributed by atoms with E-state index in [1.165, 1.54) is 33.4 Å². The Morgan fingerprint density at radius 2 is 1.77 bits per heavy atom. The number of anilines is 1. The molecular weight excluding hydrogens is 334 g/mol. The van der Waals surface area contributed by atoms with Crippen molar-refractivity contribution in [1.82, 2.24) is 0 Å². The number of thioether (sulfide) groups is 1. The molecule has 0 saturated carbocycles. The maximum absolute atomic E-state index is 6.00. The molecule has 0 atom stereocenters. The van der Waals surface area contributed by atoms with Crippen LogP contribution in [0, 0.1) is 20.8 Å². The predicted molar refractivity (Wildman–Crippen MR) is 119 cm³/mol. The van der Waals surface area contributed by atoms with Crippen LogP contribution in [0.25, 0.3) is 5.57 Å². The quantitative estimate of drug-likeness (QED) is 0.442. The molecule has 2 N–H and O–H groups in total. The molecule has 0 aliphatic rings. The van der Waals surface area contributed by atoms with Crippen LogP contribution in [-0.4, -0.2) is 0 Å². The normalized spacial score (nSPS) is 12.3. The third-order valence-electron chi connectivity index (χ3n) is 4.62. The number of hydrogen-bond donors (Lipinski definition) is 1. The van der Waals surface area contributed by atoms with Gasteiger partial charge in [0.25, 0.3) is 0 Å². The lowest BCUT2D eigenvalue weighted by molar-refractivity contribution is 1.11. The van der Waals surface area contributed by atoms with Gasteiger partial charge in [-0.3, -0.25) is 0 Å². The molecule has 2 aromatic rings. The third kappa shape index (κ3) is 4.92. The van der Waals surface area contributed by atoms with E-state index in [2.05, 4.69) is 89.1 Å². The second kappa shape index (κ2) is 8.95. The van der Waals surface area contributed by atoms with Crippen molar-refractivity contribution in [3.8, 4) is 0 Å². The number of benzene rings is 2. The van der Waals surface area contributed by atoms with E-state index in [1.54, 1.807) is 11.8 Å². The smallest absolute Gasteiger partial charge is 0.0346 e. The van der Waals surface area contributed by atoms with Gasteiger partial charge in [-0.2, -0.15) is 0 Å². The molecule has 0 aliphatic heterocycles. The van der Waals surface area contributed by atoms with Crippen LogP contribution >= 0.6 is 11.8 Å². The van der Waals surface area contributed by atoms with Crippen LogP contribution in [0.15, 0.2) is 64.9 Å². The van der Waals surface area contributed by atoms with Gasteiger partial charge in [-0.05, 0) is 85.9 Å². The molecular formula is C24H29NS. The lowest BCUT2D eigenvalue weighted by Crippen LogP contribution is -1.97. The first-order chi connectivity index (χ1) is 12.3. The molecule has 2 heteroatoms. The number of aryl methyl sites for hydroxylation is 3. The summed E-state index contributed by atoms with van der Waals surface area (Å²) in [7, 11) is 0. The highest BCUT2D eigenvalue weighted by molar-refractivity contribution is 8.06. The van der Waals surface area contributed by atoms with E-state index in [9.17, 15) is 0 Å². The molecule has 136 valence electrons. The Bertz CT molecular complexity index is 872. The number of nitrogens with two attached hydrogens (primary N) is 1. The van der Waals surface area contributed by atoms with Crippen LogP contribution in [0.1, 0.15) is 41.7 Å². The molecule has 0 aromatic heterocycles. The van der Waals surface area contributed by atoms with Crippen molar-refractivity contribution in [1.29, 1.82) is 0 Å². The van der Waals surface area contributed by atoms with E-state index in [-0.39, 0.29) is 0 Å². The van der Waals surface area contributed by atoms with E-state index in [0.29, 0.717) is 0 Å². The maximum Gasteiger partial charge on any atom is 0.0346 e. The molecule has 0 spiro atoms. The molecule has 0 amide bonds. The van der Waals surface area contributed by atoms with Crippen molar-refractivity contribution in [2.24, 2.45) is 0 Å². The number of hydrogen-bond acceptors (Lipinski definition) is 2. The highest BCUT2D eigenvalue weighted by Crippen LogP contribution is 2.33. The second-order valence-electron chi connectivity index (χ2n) is 6.83. The molecule has 0 unspecified atom stereocenters. The minimum absolute atomic E-state index is 0.867. The molecule has 0 aliphatic carbocycles. The van der Waals surface area contributed by atoms with Crippen LogP contribution in [0.2, 0.25) is 0 Å². The zero-order valence-electron chi connectivity index (χ0n) is 16.5. The number of rotatable bonds is 6. The highest BCUT2D eigenvalue weighted by Gasteiger charge is 2.08. The van der Waals surface area contributed by atoms with Crippen LogP contribution < -0.4 is 5.73 Å². The molecule has 0 fully saturated rings. The Hall–Kier alpha value is -2.19. The van der Waals surface area contributed by atoms with Gasteiger partial charge in [0.05, 0.1) is 0 Å². The van der Waals surface area contributed by atoms with Gasteiger partial charge in [-0.1, -0.05) is 60.3 Å². The average Bonchev–Trinajstić information content (AvgIpc) is 2.60. The van der Waals surface area contributed by atoms with Crippen molar-refractivity contribution < 1.29 is 0 Å². The van der Waals surface area contributed by atoms with Crippen molar-refractivity contribution in [2.75, 3.05) is 5.73 Å². The summed E-state index contributed by atoms with van der Waals surface area (Å²) in [6.45, 7) is 14.9. The molecule has 0 bridgehead atoms. The van der Waals surface area contributed by atoms with Crippen LogP contribution in [-0.2, 0) is 6.42 Å². The highest BCUT2D eigenvalue weighted by atomic mass is 32.2. The first kappa shape index (κ1) is 20.1. The summed E-state index contributed by atoms with van der Waals surface area (Å²) in [4.78, 5) is 1.08. The second-order valence-corrected chi connectivity index (χ2v) is 7.80. The number of allylic oxidation sites excluding steroid dienone is 3. The fourth-order valence-corrected chi connectivity index (χ4v) is 3.79. The first-order valence-electron chi connectivity index (χ1n) is 8.93. The summed E-state index contributed by atoms with van der Waals surface area (Å²) >= 11 is 1.70. The maximum atomic E-state index is 6.00. The van der Waals surface area contributed by atoms with Crippen molar-refractivity contribution >= 4 is 23.0 Å². The Kier molecular flexibility index (Phi) is 6.93. The molecule has 26 heavy (non-hydrogen) atoms. The Morgan fingerprint density at radius 1 is 1.08 bits per heavy atom. The van der Waals surface area contributed by atoms with Gasteiger partial charge in [0.1, 0.15) is 0 Å². The number of nitrogen functional groups attached to an aromatic ring is 1. The average molecular weight is 364 g/mol. The Morgan fingerprint density at radius 3 is 2.42 bits per heavy atom. The fraction of sp³-hybridized carbons (Fsp3) is 0.250. The van der Waals surface area contributed by atoms with Gasteiger partial charge in [0.15, 0.2) is 0 Å². The molecule has 2 rings (SSSR count). The largest absolute Gasteiger partial charge is 0.399 e. The van der Waals surface area contributed by atoms with E-state index >= 15 is 0 Å². The van der Waals surface area contributed by atoms with Gasteiger partial charge in [-0.25, -0.2) is 0 Å². The molecule has 1 nitrogen and oxygen atoms in total. The van der Waals surface area contributed by atoms with Crippen LogP contribution in [0.4, 0.5) is 5.69 Å². The predicted octanol–water partition coefficient (Wildman–Crippen LogP) is 6.99. The summed E-state index contributed by atoms with van der Waals surface area (Å²) in [6, 6.07) is 12.7. The minimum atomic E-state index is 0.867. The van der Waals surface area contributed by atoms with Crippen LogP contribution in [0.3, 0.4) is 0 Å². The lowest BCUT2D eigenvalue weighted by Gasteiger charge is -2.13. The monoisotopic (exact) mass is 363 g/mol. The zero-order chi connectivity index (χ0) is 19.3. The first-order valence-corrected chi connectivity index (χ1v) is 9.81. The summed E-state index contributed by atoms with van der Waals surface area (Å²) < 4.78 is 0. The molecule has 0 radical (unpaired) electrons. The summed E-state index contributed by atoms with van der Waals surface area (Å²) in [6.07, 6.45) is 3.08. The van der Waals surface area contributed by atoms with Gasteiger partial charge < -0.3 is 5.73 Å². The van der Waals surface area contributed by atoms with E-state index in [4.69, 9.17) is 5.73 Å². The minimum Gasteiger partial charge on any atom is -0.399 e. The van der Waals surface area contributed by atoms with E-state index < -0.39 is 0 Å². The molecule has 0 saturated heterocycles. The lowest BCUT2D eigenvalue weighted by atomic mass is 9.99. The van der Waals surface area contributed by atoms with E-state index in [0.717, 1.165) is 22.6 Å². The molecule has 0 heterocycles. The van der Waals surface area contributed by atoms with Crippen LogP contribution in [0.5, 0.6) is 0 Å². The van der Waals surface area contributed by atoms with Gasteiger partial charge in [-0.15, -0.1) is 0 Å². The summed E-state index contributed by atoms with van der Waals surface area (Å²) in [5.74, 6) is 0. The summed E-state index contributed by atoms with van der Waals surface area (Å²) in [5, 5.41) is 2.22. The van der Waals surface area contributed by atoms with Crippen molar-refractivity contribution in [3.05, 3.63) is 92.8 Å². The van der Waals surface area contributed by atoms with Gasteiger partial charge in [0.2, 0.25) is 0 Å². The zero-order valence-corrected chi connectivity index (χ0v) is 17.3. The topological polar surface area (TPSA) is 26.0 Å². The van der Waals surface area contributed by atoms with Gasteiger partial charge >= 0.3 is 0 Å². The third-order valence-corrected chi connectivity index (χ3v) is 5.65. The van der Waals surface area contributed by atoms with E-state index in [1.807, 2.05) is 0 Å².